The van der Waals surface area contributed by atoms with E-state index in [1.54, 1.807) is 30.3 Å². The molecule has 5 rings (SSSR count). The molecule has 0 fully saturated rings. The van der Waals surface area contributed by atoms with Gasteiger partial charge in [0, 0.05) is 36.0 Å². The standard InChI is InChI=1S/C29H25BClFN4O4S/c1-41(37,38)12-11-36(30)16-23-7-10-27(40-23)20-5-8-26-24(14-20)29(34-18-33-26)35-22-6-9-28(25(31)15-22)39-17-19-3-2-4-21(32)13-19/h2-10,13-15,18H,11-12,16-17H2,1H3,(H,33,34,35). The molecule has 208 valence electrons. The van der Waals surface area contributed by atoms with Crippen LogP contribution in [0.5, 0.6) is 5.75 Å². The number of benzene rings is 3. The molecule has 0 aliphatic heterocycles. The third kappa shape index (κ3) is 7.63. The molecule has 2 aromatic heterocycles. The Morgan fingerprint density at radius 3 is 2.71 bits per heavy atom. The highest BCUT2D eigenvalue weighted by Gasteiger charge is 2.13. The lowest BCUT2D eigenvalue weighted by Gasteiger charge is -2.14. The molecule has 0 spiro atoms. The summed E-state index contributed by atoms with van der Waals surface area (Å²) in [6.07, 6.45) is 2.65. The van der Waals surface area contributed by atoms with Crippen molar-refractivity contribution in [2.24, 2.45) is 0 Å². The molecule has 2 heterocycles. The Hall–Kier alpha value is -3.93. The average molecular weight is 591 g/mol. The number of rotatable bonds is 11. The molecule has 1 N–H and O–H groups in total. The van der Waals surface area contributed by atoms with Gasteiger partial charge in [0.25, 0.3) is 0 Å². The number of hydrogen-bond donors (Lipinski definition) is 1. The largest absolute Gasteiger partial charge is 0.487 e. The Bertz CT molecular complexity index is 1800. The quantitative estimate of drug-likeness (QED) is 0.189. The highest BCUT2D eigenvalue weighted by molar-refractivity contribution is 7.90. The first-order chi connectivity index (χ1) is 19.6. The fourth-order valence-corrected chi connectivity index (χ4v) is 4.91. The van der Waals surface area contributed by atoms with Gasteiger partial charge in [-0.3, -0.25) is 0 Å². The third-order valence-corrected chi connectivity index (χ3v) is 7.39. The van der Waals surface area contributed by atoms with Crippen molar-refractivity contribution >= 4 is 51.8 Å². The van der Waals surface area contributed by atoms with Crippen molar-refractivity contribution in [3.63, 3.8) is 0 Å². The summed E-state index contributed by atoms with van der Waals surface area (Å²) in [5.74, 6) is 1.91. The summed E-state index contributed by atoms with van der Waals surface area (Å²) in [7, 11) is 2.84. The molecule has 0 aliphatic rings. The minimum absolute atomic E-state index is 0.0343. The van der Waals surface area contributed by atoms with Crippen molar-refractivity contribution in [3.8, 4) is 17.1 Å². The Labute approximate surface area is 243 Å². The molecular formula is C29H25BClFN4O4S. The second-order valence-corrected chi connectivity index (χ2v) is 12.2. The van der Waals surface area contributed by atoms with Crippen LogP contribution in [0.25, 0.3) is 22.2 Å². The average Bonchev–Trinajstić information content (AvgIpc) is 3.39. The van der Waals surface area contributed by atoms with Gasteiger partial charge in [-0.25, -0.2) is 22.8 Å². The Morgan fingerprint density at radius 2 is 1.93 bits per heavy atom. The molecular weight excluding hydrogens is 566 g/mol. The van der Waals surface area contributed by atoms with Gasteiger partial charge in [0.05, 0.1) is 16.3 Å². The maximum atomic E-state index is 13.4. The Balaban J connectivity index is 1.30. The Kier molecular flexibility index (Phi) is 8.58. The lowest BCUT2D eigenvalue weighted by Crippen LogP contribution is -2.26. The zero-order chi connectivity index (χ0) is 29.0. The van der Waals surface area contributed by atoms with Crippen LogP contribution in [0, 0.1) is 5.82 Å². The van der Waals surface area contributed by atoms with E-state index in [4.69, 9.17) is 28.7 Å². The predicted octanol–water partition coefficient (Wildman–Crippen LogP) is 5.94. The van der Waals surface area contributed by atoms with Crippen LogP contribution >= 0.6 is 11.6 Å². The van der Waals surface area contributed by atoms with Gasteiger partial charge in [-0.2, -0.15) is 0 Å². The summed E-state index contributed by atoms with van der Waals surface area (Å²) in [4.78, 5) is 10.2. The molecule has 0 saturated heterocycles. The maximum absolute atomic E-state index is 13.4. The van der Waals surface area contributed by atoms with Crippen LogP contribution < -0.4 is 10.1 Å². The van der Waals surface area contributed by atoms with Gasteiger partial charge in [-0.05, 0) is 66.2 Å². The molecule has 41 heavy (non-hydrogen) atoms. The zero-order valence-electron chi connectivity index (χ0n) is 22.1. The normalized spacial score (nSPS) is 11.7. The molecule has 0 bridgehead atoms. The van der Waals surface area contributed by atoms with Gasteiger partial charge in [0.15, 0.2) is 7.98 Å². The molecule has 0 unspecified atom stereocenters. The monoisotopic (exact) mass is 590 g/mol. The van der Waals surface area contributed by atoms with Gasteiger partial charge in [-0.15, -0.1) is 0 Å². The maximum Gasteiger partial charge on any atom is 0.183 e. The predicted molar refractivity (Wildman–Crippen MR) is 159 cm³/mol. The van der Waals surface area contributed by atoms with Crippen LogP contribution in [-0.4, -0.2) is 49.7 Å². The van der Waals surface area contributed by atoms with Crippen molar-refractivity contribution in [2.45, 2.75) is 13.2 Å². The fourth-order valence-electron chi connectivity index (χ4n) is 4.11. The molecule has 8 nitrogen and oxygen atoms in total. The van der Waals surface area contributed by atoms with Crippen molar-refractivity contribution in [2.75, 3.05) is 23.9 Å². The second kappa shape index (κ2) is 12.3. The third-order valence-electron chi connectivity index (χ3n) is 6.17. The summed E-state index contributed by atoms with van der Waals surface area (Å²) in [5, 5.41) is 4.44. The van der Waals surface area contributed by atoms with Gasteiger partial charge in [-0.1, -0.05) is 23.7 Å². The summed E-state index contributed by atoms with van der Waals surface area (Å²) in [6, 6.07) is 20.8. The highest BCUT2D eigenvalue weighted by Crippen LogP contribution is 2.33. The van der Waals surface area contributed by atoms with E-state index in [9.17, 15) is 12.8 Å². The smallest absolute Gasteiger partial charge is 0.183 e. The lowest BCUT2D eigenvalue weighted by molar-refractivity contribution is 0.306. The van der Waals surface area contributed by atoms with Crippen LogP contribution in [-0.2, 0) is 23.0 Å². The lowest BCUT2D eigenvalue weighted by atomic mass is 10.1. The van der Waals surface area contributed by atoms with Crippen LogP contribution in [0.1, 0.15) is 11.3 Å². The second-order valence-electron chi connectivity index (χ2n) is 9.51. The number of fused-ring (bicyclic) bond motifs is 1. The van der Waals surface area contributed by atoms with E-state index in [1.807, 2.05) is 30.3 Å². The number of halogens is 2. The molecule has 0 amide bonds. The minimum Gasteiger partial charge on any atom is -0.487 e. The number of anilines is 2. The van der Waals surface area contributed by atoms with Crippen molar-refractivity contribution in [3.05, 3.63) is 101 Å². The molecule has 3 aromatic carbocycles. The van der Waals surface area contributed by atoms with E-state index in [-0.39, 0.29) is 31.3 Å². The van der Waals surface area contributed by atoms with E-state index < -0.39 is 9.84 Å². The van der Waals surface area contributed by atoms with Gasteiger partial charge in [0.1, 0.15) is 51.7 Å². The summed E-state index contributed by atoms with van der Waals surface area (Å²) in [5.41, 5.74) is 2.92. The summed E-state index contributed by atoms with van der Waals surface area (Å²) in [6.45, 7) is 0.644. The fraction of sp³-hybridized carbons (Fsp3) is 0.172. The van der Waals surface area contributed by atoms with Gasteiger partial charge >= 0.3 is 0 Å². The van der Waals surface area contributed by atoms with Crippen LogP contribution in [0.2, 0.25) is 5.02 Å². The first-order valence-electron chi connectivity index (χ1n) is 12.6. The minimum atomic E-state index is -3.11. The SMILES string of the molecule is [B]N(CCS(C)(=O)=O)Cc1ccc(-c2ccc3ncnc(Nc4ccc(OCc5cccc(F)c5)c(Cl)c4)c3c2)o1. The van der Waals surface area contributed by atoms with Crippen molar-refractivity contribution in [1.29, 1.82) is 0 Å². The van der Waals surface area contributed by atoms with Crippen LogP contribution in [0.3, 0.4) is 0 Å². The highest BCUT2D eigenvalue weighted by atomic mass is 35.5. The van der Waals surface area contributed by atoms with E-state index in [1.165, 1.54) is 29.5 Å². The number of aromatic nitrogens is 2. The number of nitrogens with zero attached hydrogens (tertiary/aromatic N) is 3. The van der Waals surface area contributed by atoms with Crippen LogP contribution in [0.4, 0.5) is 15.9 Å². The molecule has 2 radical (unpaired) electrons. The number of hydrogen-bond acceptors (Lipinski definition) is 8. The summed E-state index contributed by atoms with van der Waals surface area (Å²) < 4.78 is 48.0. The zero-order valence-corrected chi connectivity index (χ0v) is 23.6. The van der Waals surface area contributed by atoms with E-state index in [0.717, 1.165) is 16.5 Å². The van der Waals surface area contributed by atoms with Gasteiger partial charge in [0.2, 0.25) is 0 Å². The number of ether oxygens (including phenoxy) is 1. The first-order valence-corrected chi connectivity index (χ1v) is 15.0. The summed E-state index contributed by atoms with van der Waals surface area (Å²) >= 11 is 6.47. The van der Waals surface area contributed by atoms with E-state index in [0.29, 0.717) is 39.4 Å². The van der Waals surface area contributed by atoms with Crippen molar-refractivity contribution in [1.82, 2.24) is 14.8 Å². The molecule has 0 saturated carbocycles. The van der Waals surface area contributed by atoms with Crippen LogP contribution in [0.15, 0.2) is 83.5 Å². The van der Waals surface area contributed by atoms with E-state index in [2.05, 4.69) is 15.3 Å². The molecule has 5 aromatic rings. The number of sulfone groups is 1. The molecule has 0 aliphatic carbocycles. The number of nitrogens with one attached hydrogen (secondary N) is 1. The number of furan rings is 1. The molecule has 0 atom stereocenters. The first kappa shape index (κ1) is 28.6. The molecule has 12 heteroatoms. The van der Waals surface area contributed by atoms with Gasteiger partial charge < -0.3 is 19.3 Å². The van der Waals surface area contributed by atoms with E-state index >= 15 is 0 Å². The Morgan fingerprint density at radius 1 is 1.07 bits per heavy atom. The topological polar surface area (TPSA) is 97.6 Å². The van der Waals surface area contributed by atoms with Crippen molar-refractivity contribution < 1.29 is 22.0 Å².